The molecule has 0 bridgehead atoms. The summed E-state index contributed by atoms with van der Waals surface area (Å²) in [5.74, 6) is -0.670. The van der Waals surface area contributed by atoms with Gasteiger partial charge in [0.05, 0.1) is 18.7 Å². The molecule has 140 valence electrons. The van der Waals surface area contributed by atoms with Gasteiger partial charge in [0.15, 0.2) is 0 Å². The molecule has 27 heavy (non-hydrogen) atoms. The summed E-state index contributed by atoms with van der Waals surface area (Å²) in [6.45, 7) is 2.49. The van der Waals surface area contributed by atoms with E-state index < -0.39 is 17.7 Å². The lowest BCUT2D eigenvalue weighted by molar-refractivity contribution is -0.139. The summed E-state index contributed by atoms with van der Waals surface area (Å²) in [4.78, 5) is 27.0. The number of benzene rings is 2. The van der Waals surface area contributed by atoms with Gasteiger partial charge in [-0.15, -0.1) is 0 Å². The van der Waals surface area contributed by atoms with Crippen LogP contribution in [0.1, 0.15) is 36.9 Å². The summed E-state index contributed by atoms with van der Waals surface area (Å²) in [7, 11) is 1.58. The molecule has 5 heteroatoms. The highest BCUT2D eigenvalue weighted by Crippen LogP contribution is 2.39. The zero-order valence-corrected chi connectivity index (χ0v) is 15.5. The van der Waals surface area contributed by atoms with Crippen LogP contribution in [0.3, 0.4) is 0 Å². The molecule has 0 radical (unpaired) electrons. The van der Waals surface area contributed by atoms with Crippen molar-refractivity contribution in [2.45, 2.75) is 25.8 Å². The highest BCUT2D eigenvalue weighted by atomic mass is 16.5. The van der Waals surface area contributed by atoms with E-state index in [1.807, 2.05) is 25.1 Å². The molecule has 0 aromatic heterocycles. The van der Waals surface area contributed by atoms with E-state index in [0.29, 0.717) is 17.9 Å². The van der Waals surface area contributed by atoms with Gasteiger partial charge in [0.2, 0.25) is 0 Å². The fraction of sp³-hybridized carbons (Fsp3) is 0.273. The van der Waals surface area contributed by atoms with E-state index in [1.165, 1.54) is 0 Å². The van der Waals surface area contributed by atoms with Crippen molar-refractivity contribution in [1.29, 1.82) is 0 Å². The number of ether oxygens (including phenoxy) is 1. The number of ketones is 1. The summed E-state index contributed by atoms with van der Waals surface area (Å²) in [5, 5.41) is 10.8. The van der Waals surface area contributed by atoms with E-state index in [0.717, 1.165) is 18.4 Å². The first-order valence-electron chi connectivity index (χ1n) is 9.06. The molecule has 3 rings (SSSR count). The van der Waals surface area contributed by atoms with Gasteiger partial charge in [-0.05, 0) is 24.1 Å². The molecule has 0 saturated carbocycles. The number of aliphatic hydroxyl groups excluding tert-OH is 1. The highest BCUT2D eigenvalue weighted by molar-refractivity contribution is 6.46. The van der Waals surface area contributed by atoms with Crippen molar-refractivity contribution in [2.24, 2.45) is 0 Å². The van der Waals surface area contributed by atoms with E-state index in [4.69, 9.17) is 4.74 Å². The van der Waals surface area contributed by atoms with Crippen molar-refractivity contribution in [3.63, 3.8) is 0 Å². The average molecular weight is 365 g/mol. The van der Waals surface area contributed by atoms with Gasteiger partial charge in [0.25, 0.3) is 11.7 Å². The minimum Gasteiger partial charge on any atom is -0.507 e. The second kappa shape index (κ2) is 8.08. The monoisotopic (exact) mass is 365 g/mol. The quantitative estimate of drug-likeness (QED) is 0.479. The number of nitrogens with zero attached hydrogens (tertiary/aromatic N) is 1. The van der Waals surface area contributed by atoms with E-state index in [1.54, 1.807) is 48.4 Å². The van der Waals surface area contributed by atoms with Gasteiger partial charge in [0, 0.05) is 12.1 Å². The Bertz CT molecular complexity index is 856. The van der Waals surface area contributed by atoms with Crippen molar-refractivity contribution in [3.05, 3.63) is 71.3 Å². The normalized spacial score (nSPS) is 18.7. The lowest BCUT2D eigenvalue weighted by atomic mass is 9.95. The summed E-state index contributed by atoms with van der Waals surface area (Å²) in [6.07, 6.45) is 1.68. The standard InChI is InChI=1S/C22H23NO4/c1-3-4-14-23-19(15-10-12-17(27-2)13-11-15)18(21(25)22(23)26)20(24)16-8-6-5-7-9-16/h5-13,19,24H,3-4,14H2,1-2H3/b20-18+/t19-/m0/s1. The molecule has 1 aliphatic rings. The molecule has 0 aliphatic carbocycles. The molecular formula is C22H23NO4. The van der Waals surface area contributed by atoms with Crippen molar-refractivity contribution >= 4 is 17.4 Å². The minimum atomic E-state index is -0.645. The van der Waals surface area contributed by atoms with Crippen LogP contribution in [0.25, 0.3) is 5.76 Å². The smallest absolute Gasteiger partial charge is 0.295 e. The van der Waals surface area contributed by atoms with Crippen LogP contribution in [0.2, 0.25) is 0 Å². The molecule has 1 atom stereocenters. The van der Waals surface area contributed by atoms with E-state index in [-0.39, 0.29) is 11.3 Å². The summed E-state index contributed by atoms with van der Waals surface area (Å²) in [6, 6.07) is 15.5. The highest BCUT2D eigenvalue weighted by Gasteiger charge is 2.45. The molecule has 1 amide bonds. The molecule has 1 saturated heterocycles. The van der Waals surface area contributed by atoms with E-state index in [9.17, 15) is 14.7 Å². The largest absolute Gasteiger partial charge is 0.507 e. The van der Waals surface area contributed by atoms with Crippen LogP contribution in [-0.4, -0.2) is 35.4 Å². The number of hydrogen-bond acceptors (Lipinski definition) is 4. The Morgan fingerprint density at radius 3 is 2.33 bits per heavy atom. The van der Waals surface area contributed by atoms with Crippen LogP contribution in [0.4, 0.5) is 0 Å². The van der Waals surface area contributed by atoms with Gasteiger partial charge in [-0.2, -0.15) is 0 Å². The molecule has 1 aliphatic heterocycles. The third-order valence-corrected chi connectivity index (χ3v) is 4.77. The minimum absolute atomic E-state index is 0.132. The van der Waals surface area contributed by atoms with Gasteiger partial charge in [-0.25, -0.2) is 0 Å². The lowest BCUT2D eigenvalue weighted by Crippen LogP contribution is -2.30. The zero-order chi connectivity index (χ0) is 19.4. The molecule has 0 unspecified atom stereocenters. The Balaban J connectivity index is 2.13. The van der Waals surface area contributed by atoms with Crippen LogP contribution in [0, 0.1) is 0 Å². The van der Waals surface area contributed by atoms with Crippen molar-refractivity contribution in [3.8, 4) is 5.75 Å². The van der Waals surface area contributed by atoms with Crippen LogP contribution in [0.5, 0.6) is 5.75 Å². The summed E-state index contributed by atoms with van der Waals surface area (Å²) in [5.41, 5.74) is 1.42. The number of unbranched alkanes of at least 4 members (excludes halogenated alkanes) is 1. The Labute approximate surface area is 158 Å². The number of amides is 1. The third kappa shape index (κ3) is 3.58. The van der Waals surface area contributed by atoms with Crippen molar-refractivity contribution in [2.75, 3.05) is 13.7 Å². The Morgan fingerprint density at radius 1 is 1.07 bits per heavy atom. The molecule has 1 fully saturated rings. The fourth-order valence-corrected chi connectivity index (χ4v) is 3.32. The second-order valence-electron chi connectivity index (χ2n) is 6.49. The van der Waals surface area contributed by atoms with Crippen LogP contribution < -0.4 is 4.74 Å². The van der Waals surface area contributed by atoms with Gasteiger partial charge >= 0.3 is 0 Å². The number of Topliss-reactive ketones (excluding diaryl/α,β-unsaturated/α-hetero) is 1. The predicted octanol–water partition coefficient (Wildman–Crippen LogP) is 3.92. The van der Waals surface area contributed by atoms with Crippen molar-refractivity contribution < 1.29 is 19.4 Å². The first-order chi connectivity index (χ1) is 13.1. The maximum atomic E-state index is 12.8. The van der Waals surface area contributed by atoms with Crippen LogP contribution in [0.15, 0.2) is 60.2 Å². The van der Waals surface area contributed by atoms with Gasteiger partial charge in [-0.3, -0.25) is 9.59 Å². The first kappa shape index (κ1) is 18.7. The number of carbonyl (C=O) groups is 2. The number of carbonyl (C=O) groups excluding carboxylic acids is 2. The van der Waals surface area contributed by atoms with Crippen molar-refractivity contribution in [1.82, 2.24) is 4.90 Å². The molecular weight excluding hydrogens is 342 g/mol. The molecule has 1 heterocycles. The van der Waals surface area contributed by atoms with Gasteiger partial charge < -0.3 is 14.7 Å². The van der Waals surface area contributed by atoms with E-state index in [2.05, 4.69) is 0 Å². The van der Waals surface area contributed by atoms with E-state index >= 15 is 0 Å². The molecule has 2 aromatic rings. The Hall–Kier alpha value is -3.08. The molecule has 5 nitrogen and oxygen atoms in total. The van der Waals surface area contributed by atoms with Gasteiger partial charge in [0.1, 0.15) is 11.5 Å². The Morgan fingerprint density at radius 2 is 1.74 bits per heavy atom. The topological polar surface area (TPSA) is 66.8 Å². The number of hydrogen-bond donors (Lipinski definition) is 1. The number of rotatable bonds is 6. The molecule has 1 N–H and O–H groups in total. The summed E-state index contributed by atoms with van der Waals surface area (Å²) < 4.78 is 5.20. The average Bonchev–Trinajstić information content (AvgIpc) is 2.97. The lowest BCUT2D eigenvalue weighted by Gasteiger charge is -2.25. The number of methoxy groups -OCH3 is 1. The fourth-order valence-electron chi connectivity index (χ4n) is 3.32. The maximum absolute atomic E-state index is 12.8. The Kier molecular flexibility index (Phi) is 5.60. The maximum Gasteiger partial charge on any atom is 0.295 e. The molecule has 0 spiro atoms. The number of aliphatic hydroxyl groups is 1. The molecule has 2 aromatic carbocycles. The third-order valence-electron chi connectivity index (χ3n) is 4.77. The SMILES string of the molecule is CCCCN1C(=O)C(=O)/C(=C(/O)c2ccccc2)[C@@H]1c1ccc(OC)cc1. The summed E-state index contributed by atoms with van der Waals surface area (Å²) >= 11 is 0. The van der Waals surface area contributed by atoms with Crippen LogP contribution >= 0.6 is 0 Å². The second-order valence-corrected chi connectivity index (χ2v) is 6.49. The predicted molar refractivity (Wildman–Crippen MR) is 103 cm³/mol. The first-order valence-corrected chi connectivity index (χ1v) is 9.06. The van der Waals surface area contributed by atoms with Gasteiger partial charge in [-0.1, -0.05) is 55.8 Å². The van der Waals surface area contributed by atoms with Crippen LogP contribution in [-0.2, 0) is 9.59 Å². The number of likely N-dealkylation sites (tertiary alicyclic amines) is 1. The zero-order valence-electron chi connectivity index (χ0n) is 15.5.